The number of aromatic amines is 2. The third-order valence-corrected chi connectivity index (χ3v) is 6.31. The minimum absolute atomic E-state index is 0.117. The zero-order chi connectivity index (χ0) is 21.4. The molecule has 2 aromatic heterocycles. The molecule has 160 valence electrons. The standard InChI is InChI=1S/C21H40N2.C3H4N2/c1-10-14-19(5,6)16-17(21(9,12-3)13-4)23-18(22-16)20(7,8)15-11-2;1-2-5-3-4-1/h10-15H2,1-9H3,(H,22,23);1-3H,(H,4,5). The fourth-order valence-electron chi connectivity index (χ4n) is 3.93. The van der Waals surface area contributed by atoms with E-state index in [1.165, 1.54) is 42.9 Å². The van der Waals surface area contributed by atoms with Gasteiger partial charge in [0.1, 0.15) is 5.82 Å². The van der Waals surface area contributed by atoms with Crippen molar-refractivity contribution in [3.63, 3.8) is 0 Å². The predicted octanol–water partition coefficient (Wildman–Crippen LogP) is 7.05. The van der Waals surface area contributed by atoms with Gasteiger partial charge in [0.05, 0.1) is 12.0 Å². The highest BCUT2D eigenvalue weighted by atomic mass is 15.0. The Morgan fingerprint density at radius 3 is 1.82 bits per heavy atom. The number of imidazole rings is 2. The van der Waals surface area contributed by atoms with Crippen molar-refractivity contribution in [3.05, 3.63) is 35.9 Å². The molecule has 0 radical (unpaired) electrons. The molecule has 0 aliphatic carbocycles. The molecule has 0 aromatic carbocycles. The van der Waals surface area contributed by atoms with Crippen molar-refractivity contribution >= 4 is 0 Å². The number of rotatable bonds is 9. The highest BCUT2D eigenvalue weighted by Crippen LogP contribution is 2.40. The lowest BCUT2D eigenvalue weighted by Gasteiger charge is -2.31. The molecule has 0 aliphatic rings. The molecule has 0 amide bonds. The number of nitrogens with zero attached hydrogens (tertiary/aromatic N) is 2. The molecule has 2 N–H and O–H groups in total. The molecule has 0 aliphatic heterocycles. The molecule has 2 heterocycles. The summed E-state index contributed by atoms with van der Waals surface area (Å²) in [5, 5.41) is 0. The number of H-pyrrole nitrogens is 2. The molecule has 2 aromatic rings. The van der Waals surface area contributed by atoms with Gasteiger partial charge in [0, 0.05) is 34.3 Å². The summed E-state index contributed by atoms with van der Waals surface area (Å²) < 4.78 is 0. The third-order valence-electron chi connectivity index (χ3n) is 6.31. The summed E-state index contributed by atoms with van der Waals surface area (Å²) >= 11 is 0. The van der Waals surface area contributed by atoms with E-state index in [-0.39, 0.29) is 16.2 Å². The summed E-state index contributed by atoms with van der Waals surface area (Å²) in [5.74, 6) is 1.18. The van der Waals surface area contributed by atoms with Crippen LogP contribution in [0.5, 0.6) is 0 Å². The first kappa shape index (κ1) is 24.5. The van der Waals surface area contributed by atoms with Crippen LogP contribution >= 0.6 is 0 Å². The lowest BCUT2D eigenvalue weighted by Crippen LogP contribution is -2.27. The quantitative estimate of drug-likeness (QED) is 0.483. The van der Waals surface area contributed by atoms with Gasteiger partial charge in [-0.2, -0.15) is 0 Å². The van der Waals surface area contributed by atoms with Crippen LogP contribution in [0.1, 0.15) is 118 Å². The van der Waals surface area contributed by atoms with Crippen molar-refractivity contribution < 1.29 is 0 Å². The summed E-state index contributed by atoms with van der Waals surface area (Å²) in [7, 11) is 0. The average Bonchev–Trinajstić information content (AvgIpc) is 3.34. The summed E-state index contributed by atoms with van der Waals surface area (Å²) in [6.07, 6.45) is 12.1. The van der Waals surface area contributed by atoms with E-state index in [4.69, 9.17) is 4.98 Å². The van der Waals surface area contributed by atoms with Crippen molar-refractivity contribution in [1.82, 2.24) is 19.9 Å². The highest BCUT2D eigenvalue weighted by Gasteiger charge is 2.37. The van der Waals surface area contributed by atoms with E-state index in [0.717, 1.165) is 12.8 Å². The second-order valence-corrected chi connectivity index (χ2v) is 9.61. The SMILES string of the molecule is CCCC(C)(C)c1nc(C(C)(C)CCC)c(C(C)(CC)CC)[nH]1.c1c[nH]cn1. The Balaban J connectivity index is 0.000000674. The van der Waals surface area contributed by atoms with Gasteiger partial charge in [0.25, 0.3) is 0 Å². The Hall–Kier alpha value is -1.58. The molecule has 0 saturated carbocycles. The Labute approximate surface area is 173 Å². The second kappa shape index (κ2) is 10.3. The fraction of sp³-hybridized carbons (Fsp3) is 0.750. The van der Waals surface area contributed by atoms with Crippen LogP contribution in [0.2, 0.25) is 0 Å². The van der Waals surface area contributed by atoms with Crippen molar-refractivity contribution in [2.24, 2.45) is 0 Å². The lowest BCUT2D eigenvalue weighted by atomic mass is 9.74. The molecule has 28 heavy (non-hydrogen) atoms. The average molecular weight is 389 g/mol. The van der Waals surface area contributed by atoms with Gasteiger partial charge in [-0.25, -0.2) is 9.97 Å². The van der Waals surface area contributed by atoms with E-state index in [2.05, 4.69) is 77.3 Å². The molecule has 4 heteroatoms. The van der Waals surface area contributed by atoms with Gasteiger partial charge in [-0.1, -0.05) is 75.2 Å². The summed E-state index contributed by atoms with van der Waals surface area (Å²) in [6.45, 7) is 20.9. The van der Waals surface area contributed by atoms with Gasteiger partial charge in [0.15, 0.2) is 0 Å². The maximum absolute atomic E-state index is 5.20. The topological polar surface area (TPSA) is 57.4 Å². The largest absolute Gasteiger partial charge is 0.351 e. The maximum atomic E-state index is 5.20. The molecule has 0 unspecified atom stereocenters. The van der Waals surface area contributed by atoms with Crippen LogP contribution in [0.4, 0.5) is 0 Å². The molecule has 2 rings (SSSR count). The molecule has 0 bridgehead atoms. The molecular formula is C24H44N4. The van der Waals surface area contributed by atoms with Gasteiger partial charge in [-0.05, 0) is 25.7 Å². The van der Waals surface area contributed by atoms with E-state index in [9.17, 15) is 0 Å². The molecular weight excluding hydrogens is 344 g/mol. The normalized spacial score (nSPS) is 12.6. The van der Waals surface area contributed by atoms with E-state index >= 15 is 0 Å². The van der Waals surface area contributed by atoms with E-state index in [1.54, 1.807) is 18.7 Å². The second-order valence-electron chi connectivity index (χ2n) is 9.61. The van der Waals surface area contributed by atoms with E-state index in [1.807, 2.05) is 0 Å². The summed E-state index contributed by atoms with van der Waals surface area (Å²) in [6, 6.07) is 0. The van der Waals surface area contributed by atoms with Gasteiger partial charge >= 0.3 is 0 Å². The van der Waals surface area contributed by atoms with E-state index in [0.29, 0.717) is 0 Å². The first-order chi connectivity index (χ1) is 13.1. The van der Waals surface area contributed by atoms with Crippen LogP contribution < -0.4 is 0 Å². The van der Waals surface area contributed by atoms with Crippen LogP contribution in [0.15, 0.2) is 18.7 Å². The highest BCUT2D eigenvalue weighted by molar-refractivity contribution is 5.31. The van der Waals surface area contributed by atoms with Gasteiger partial charge in [-0.15, -0.1) is 0 Å². The monoisotopic (exact) mass is 388 g/mol. The zero-order valence-electron chi connectivity index (χ0n) is 19.9. The minimum atomic E-state index is 0.117. The molecule has 0 atom stereocenters. The summed E-state index contributed by atoms with van der Waals surface area (Å²) in [4.78, 5) is 15.4. The Morgan fingerprint density at radius 2 is 1.43 bits per heavy atom. The Bertz CT molecular complexity index is 644. The van der Waals surface area contributed by atoms with Crippen molar-refractivity contribution in [2.45, 2.75) is 117 Å². The Morgan fingerprint density at radius 1 is 0.857 bits per heavy atom. The first-order valence-electron chi connectivity index (χ1n) is 11.1. The van der Waals surface area contributed by atoms with Crippen molar-refractivity contribution in [3.8, 4) is 0 Å². The fourth-order valence-corrected chi connectivity index (χ4v) is 3.93. The molecule has 0 saturated heterocycles. The summed E-state index contributed by atoms with van der Waals surface area (Å²) in [5.41, 5.74) is 3.14. The number of aromatic nitrogens is 4. The predicted molar refractivity (Wildman–Crippen MR) is 121 cm³/mol. The minimum Gasteiger partial charge on any atom is -0.351 e. The molecule has 0 fully saturated rings. The van der Waals surface area contributed by atoms with Crippen molar-refractivity contribution in [2.75, 3.05) is 0 Å². The zero-order valence-corrected chi connectivity index (χ0v) is 19.9. The lowest BCUT2D eigenvalue weighted by molar-refractivity contribution is 0.395. The maximum Gasteiger partial charge on any atom is 0.112 e. The number of nitrogens with one attached hydrogen (secondary N) is 2. The van der Waals surface area contributed by atoms with Gasteiger partial charge in [-0.3, -0.25) is 0 Å². The van der Waals surface area contributed by atoms with Crippen LogP contribution in [0.25, 0.3) is 0 Å². The van der Waals surface area contributed by atoms with Crippen LogP contribution in [0.3, 0.4) is 0 Å². The van der Waals surface area contributed by atoms with Crippen LogP contribution in [-0.2, 0) is 16.2 Å². The number of hydrogen-bond acceptors (Lipinski definition) is 2. The van der Waals surface area contributed by atoms with Crippen LogP contribution in [0, 0.1) is 0 Å². The van der Waals surface area contributed by atoms with Gasteiger partial charge in [0.2, 0.25) is 0 Å². The molecule has 4 nitrogen and oxygen atoms in total. The van der Waals surface area contributed by atoms with Crippen LogP contribution in [-0.4, -0.2) is 19.9 Å². The Kier molecular flexibility index (Phi) is 8.97. The van der Waals surface area contributed by atoms with Crippen molar-refractivity contribution in [1.29, 1.82) is 0 Å². The molecule has 0 spiro atoms. The first-order valence-corrected chi connectivity index (χ1v) is 11.1. The smallest absolute Gasteiger partial charge is 0.112 e. The third kappa shape index (κ3) is 5.96. The van der Waals surface area contributed by atoms with E-state index < -0.39 is 0 Å². The number of hydrogen-bond donors (Lipinski definition) is 2. The van der Waals surface area contributed by atoms with Gasteiger partial charge < -0.3 is 9.97 Å².